The molecule has 0 aromatic heterocycles. The van der Waals surface area contributed by atoms with Crippen LogP contribution in [0, 0.1) is 12.8 Å². The van der Waals surface area contributed by atoms with E-state index < -0.39 is 11.9 Å². The molecule has 2 unspecified atom stereocenters. The number of nitrogens with one attached hydrogen (secondary N) is 1. The lowest BCUT2D eigenvalue weighted by Gasteiger charge is -2.12. The van der Waals surface area contributed by atoms with E-state index in [0.29, 0.717) is 12.2 Å². The topological polar surface area (TPSA) is 66.4 Å². The number of carbonyl (C=O) groups excluding carboxylic acids is 1. The number of carboxylic acids is 1. The van der Waals surface area contributed by atoms with Crippen molar-refractivity contribution in [2.24, 2.45) is 5.92 Å². The maximum Gasteiger partial charge on any atom is 0.310 e. The summed E-state index contributed by atoms with van der Waals surface area (Å²) in [6, 6.07) is 5.76. The third-order valence-corrected chi connectivity index (χ3v) is 4.91. The molecule has 1 amide bonds. The minimum Gasteiger partial charge on any atom is -0.481 e. The smallest absolute Gasteiger partial charge is 0.310 e. The highest BCUT2D eigenvalue weighted by Gasteiger charge is 2.25. The van der Waals surface area contributed by atoms with Gasteiger partial charge in [-0.15, -0.1) is 11.8 Å². The van der Waals surface area contributed by atoms with Crippen LogP contribution in [-0.4, -0.2) is 28.8 Å². The fraction of sp³-hybridized carbons (Fsp3) is 0.333. The summed E-state index contributed by atoms with van der Waals surface area (Å²) in [5, 5.41) is 11.7. The largest absolute Gasteiger partial charge is 0.481 e. The van der Waals surface area contributed by atoms with Gasteiger partial charge in [0, 0.05) is 15.4 Å². The monoisotopic (exact) mass is 369 g/mol. The third kappa shape index (κ3) is 4.61. The van der Waals surface area contributed by atoms with E-state index in [1.165, 1.54) is 11.8 Å². The van der Waals surface area contributed by atoms with Gasteiger partial charge in [-0.3, -0.25) is 9.59 Å². The number of hydrogen-bond acceptors (Lipinski definition) is 3. The van der Waals surface area contributed by atoms with Crippen molar-refractivity contribution >= 4 is 39.6 Å². The second-order valence-electron chi connectivity index (χ2n) is 4.94. The Balaban J connectivity index is 1.81. The Morgan fingerprint density at radius 3 is 2.81 bits per heavy atom. The van der Waals surface area contributed by atoms with Gasteiger partial charge in [-0.2, -0.15) is 0 Å². The molecular formula is C15H16BrNO3S. The van der Waals surface area contributed by atoms with E-state index in [-0.39, 0.29) is 11.9 Å². The van der Waals surface area contributed by atoms with E-state index in [4.69, 9.17) is 5.11 Å². The lowest BCUT2D eigenvalue weighted by atomic mass is 10.1. The van der Waals surface area contributed by atoms with Gasteiger partial charge in [-0.1, -0.05) is 28.1 Å². The molecule has 1 aromatic rings. The van der Waals surface area contributed by atoms with Gasteiger partial charge in [-0.25, -0.2) is 0 Å². The lowest BCUT2D eigenvalue weighted by Crippen LogP contribution is -2.34. The summed E-state index contributed by atoms with van der Waals surface area (Å²) in [4.78, 5) is 23.8. The third-order valence-electron chi connectivity index (χ3n) is 3.24. The molecule has 1 aromatic carbocycles. The maximum atomic E-state index is 11.9. The number of amides is 1. The lowest BCUT2D eigenvalue weighted by molar-refractivity contribution is -0.140. The van der Waals surface area contributed by atoms with Crippen molar-refractivity contribution in [2.75, 3.05) is 5.75 Å². The summed E-state index contributed by atoms with van der Waals surface area (Å²) in [5.41, 5.74) is 1.12. The van der Waals surface area contributed by atoms with Crippen molar-refractivity contribution in [3.63, 3.8) is 0 Å². The van der Waals surface area contributed by atoms with Crippen molar-refractivity contribution in [3.05, 3.63) is 40.4 Å². The molecule has 0 saturated carbocycles. The summed E-state index contributed by atoms with van der Waals surface area (Å²) in [6.45, 7) is 2.00. The molecule has 6 heteroatoms. The van der Waals surface area contributed by atoms with E-state index in [0.717, 1.165) is 14.9 Å². The molecule has 1 aliphatic rings. The van der Waals surface area contributed by atoms with E-state index in [9.17, 15) is 9.59 Å². The Hall–Kier alpha value is -1.27. The van der Waals surface area contributed by atoms with E-state index in [1.807, 2.05) is 25.1 Å². The Morgan fingerprint density at radius 1 is 1.43 bits per heavy atom. The second-order valence-corrected chi connectivity index (χ2v) is 6.87. The van der Waals surface area contributed by atoms with Gasteiger partial charge in [0.15, 0.2) is 0 Å². The quantitative estimate of drug-likeness (QED) is 0.618. The zero-order chi connectivity index (χ0) is 15.4. The van der Waals surface area contributed by atoms with Gasteiger partial charge in [0.2, 0.25) is 5.91 Å². The van der Waals surface area contributed by atoms with E-state index in [2.05, 4.69) is 21.2 Å². The van der Waals surface area contributed by atoms with Gasteiger partial charge in [0.1, 0.15) is 0 Å². The van der Waals surface area contributed by atoms with Crippen LogP contribution in [0.2, 0.25) is 0 Å². The van der Waals surface area contributed by atoms with Crippen molar-refractivity contribution in [1.82, 2.24) is 5.32 Å². The molecule has 0 saturated heterocycles. The Bertz CT molecular complexity index is 588. The summed E-state index contributed by atoms with van der Waals surface area (Å²) in [7, 11) is 0. The molecule has 1 aliphatic carbocycles. The molecule has 0 spiro atoms. The zero-order valence-corrected chi connectivity index (χ0v) is 13.9. The first kappa shape index (κ1) is 16.1. The minimum atomic E-state index is -0.845. The molecule has 2 atom stereocenters. The van der Waals surface area contributed by atoms with Crippen LogP contribution in [0.4, 0.5) is 0 Å². The van der Waals surface area contributed by atoms with Crippen LogP contribution in [0.25, 0.3) is 0 Å². The minimum absolute atomic E-state index is 0.0805. The van der Waals surface area contributed by atoms with Crippen LogP contribution in [0.1, 0.15) is 12.0 Å². The normalized spacial score (nSPS) is 20.5. The number of benzene rings is 1. The maximum absolute atomic E-state index is 11.9. The molecule has 0 radical (unpaired) electrons. The SMILES string of the molecule is Cc1cc(Br)ccc1SCC(=O)NC1C=CC(C(=O)O)C1. The van der Waals surface area contributed by atoms with Gasteiger partial charge < -0.3 is 10.4 Å². The average molecular weight is 370 g/mol. The summed E-state index contributed by atoms with van der Waals surface area (Å²) in [5.74, 6) is -1.09. The second kappa shape index (κ2) is 7.13. The van der Waals surface area contributed by atoms with Crippen molar-refractivity contribution in [3.8, 4) is 0 Å². The van der Waals surface area contributed by atoms with Gasteiger partial charge in [0.05, 0.1) is 11.7 Å². The Kier molecular flexibility index (Phi) is 5.47. The van der Waals surface area contributed by atoms with Crippen molar-refractivity contribution in [1.29, 1.82) is 0 Å². The van der Waals surface area contributed by atoms with Gasteiger partial charge >= 0.3 is 5.97 Å². The molecule has 0 fully saturated rings. The number of thioether (sulfide) groups is 1. The predicted octanol–water partition coefficient (Wildman–Crippen LogP) is 3.00. The van der Waals surface area contributed by atoms with Crippen LogP contribution in [0.15, 0.2) is 39.7 Å². The highest BCUT2D eigenvalue weighted by molar-refractivity contribution is 9.10. The van der Waals surface area contributed by atoms with Crippen molar-refractivity contribution in [2.45, 2.75) is 24.3 Å². The number of aryl methyl sites for hydroxylation is 1. The van der Waals surface area contributed by atoms with Gasteiger partial charge in [0.25, 0.3) is 0 Å². The first-order valence-electron chi connectivity index (χ1n) is 6.55. The first-order valence-corrected chi connectivity index (χ1v) is 8.33. The molecular weight excluding hydrogens is 354 g/mol. The first-order chi connectivity index (χ1) is 9.95. The van der Waals surface area contributed by atoms with Crippen LogP contribution < -0.4 is 5.32 Å². The summed E-state index contributed by atoms with van der Waals surface area (Å²) in [6.07, 6.45) is 3.83. The molecule has 0 aliphatic heterocycles. The number of carbonyl (C=O) groups is 2. The Labute approximate surface area is 136 Å². The number of rotatable bonds is 5. The number of hydrogen-bond donors (Lipinski definition) is 2. The average Bonchev–Trinajstić information content (AvgIpc) is 2.86. The summed E-state index contributed by atoms with van der Waals surface area (Å²) < 4.78 is 1.02. The standard InChI is InChI=1S/C15H16BrNO3S/c1-9-6-11(16)3-5-13(9)21-8-14(18)17-12-4-2-10(7-12)15(19)20/h2-6,10,12H,7-8H2,1H3,(H,17,18)(H,19,20). The van der Waals surface area contributed by atoms with E-state index >= 15 is 0 Å². The summed E-state index contributed by atoms with van der Waals surface area (Å²) >= 11 is 4.89. The highest BCUT2D eigenvalue weighted by atomic mass is 79.9. The van der Waals surface area contributed by atoms with Crippen LogP contribution in [-0.2, 0) is 9.59 Å². The van der Waals surface area contributed by atoms with Crippen LogP contribution >= 0.6 is 27.7 Å². The predicted molar refractivity (Wildman–Crippen MR) is 86.4 cm³/mol. The van der Waals surface area contributed by atoms with Gasteiger partial charge in [-0.05, 0) is 37.1 Å². The molecule has 2 N–H and O–H groups in total. The molecule has 0 heterocycles. The highest BCUT2D eigenvalue weighted by Crippen LogP contribution is 2.25. The van der Waals surface area contributed by atoms with Crippen LogP contribution in [0.5, 0.6) is 0 Å². The fourth-order valence-corrected chi connectivity index (χ4v) is 3.45. The molecule has 4 nitrogen and oxygen atoms in total. The number of carboxylic acid groups (broad SMARTS) is 1. The van der Waals surface area contributed by atoms with Crippen LogP contribution in [0.3, 0.4) is 0 Å². The number of halogens is 1. The van der Waals surface area contributed by atoms with E-state index in [1.54, 1.807) is 12.2 Å². The molecule has 21 heavy (non-hydrogen) atoms. The molecule has 112 valence electrons. The fourth-order valence-electron chi connectivity index (χ4n) is 2.16. The number of aliphatic carboxylic acids is 1. The Morgan fingerprint density at radius 2 is 2.19 bits per heavy atom. The van der Waals surface area contributed by atoms with Crippen molar-refractivity contribution < 1.29 is 14.7 Å². The molecule has 0 bridgehead atoms. The zero-order valence-electron chi connectivity index (χ0n) is 11.5. The molecule has 2 rings (SSSR count).